The van der Waals surface area contributed by atoms with Crippen molar-refractivity contribution in [3.05, 3.63) is 44.6 Å². The zero-order valence-electron chi connectivity index (χ0n) is 11.1. The van der Waals surface area contributed by atoms with Crippen LogP contribution in [0.15, 0.2) is 39.0 Å². The van der Waals surface area contributed by atoms with Crippen LogP contribution in [0.4, 0.5) is 5.69 Å². The SMILES string of the molecule is Cc1ccc(S(N)(=O)=O)cc1NC(C)c1ccc(Br)s1. The standard InChI is InChI=1S/C13H15BrN2O2S2/c1-8-3-4-10(20(15,17)18)7-11(8)16-9(2)12-5-6-13(14)19-12/h3-7,9,16H,1-2H3,(H2,15,17,18). The monoisotopic (exact) mass is 374 g/mol. The molecule has 20 heavy (non-hydrogen) atoms. The lowest BCUT2D eigenvalue weighted by Crippen LogP contribution is -2.13. The molecule has 0 saturated heterocycles. The number of nitrogens with two attached hydrogens (primary N) is 1. The molecule has 7 heteroatoms. The van der Waals surface area contributed by atoms with Crippen molar-refractivity contribution in [3.63, 3.8) is 0 Å². The number of rotatable bonds is 4. The maximum absolute atomic E-state index is 11.4. The second kappa shape index (κ2) is 5.85. The van der Waals surface area contributed by atoms with E-state index in [1.165, 1.54) is 6.07 Å². The zero-order valence-corrected chi connectivity index (χ0v) is 14.3. The average molecular weight is 375 g/mol. The molecule has 4 nitrogen and oxygen atoms in total. The Morgan fingerprint density at radius 1 is 1.30 bits per heavy atom. The van der Waals surface area contributed by atoms with Crippen molar-refractivity contribution < 1.29 is 8.42 Å². The first-order chi connectivity index (χ1) is 9.27. The van der Waals surface area contributed by atoms with Crippen molar-refractivity contribution in [2.24, 2.45) is 5.14 Å². The summed E-state index contributed by atoms with van der Waals surface area (Å²) in [6, 6.07) is 8.95. The number of nitrogens with one attached hydrogen (secondary N) is 1. The maximum Gasteiger partial charge on any atom is 0.238 e. The van der Waals surface area contributed by atoms with E-state index in [2.05, 4.69) is 21.2 Å². The van der Waals surface area contributed by atoms with Gasteiger partial charge in [0.1, 0.15) is 0 Å². The molecule has 0 aliphatic rings. The quantitative estimate of drug-likeness (QED) is 0.857. The smallest absolute Gasteiger partial charge is 0.238 e. The number of anilines is 1. The van der Waals surface area contributed by atoms with Crippen LogP contribution in [0.2, 0.25) is 0 Å². The number of hydrogen-bond acceptors (Lipinski definition) is 4. The van der Waals surface area contributed by atoms with Crippen LogP contribution in [0.3, 0.4) is 0 Å². The lowest BCUT2D eigenvalue weighted by Gasteiger charge is -2.16. The number of aryl methyl sites for hydroxylation is 1. The van der Waals surface area contributed by atoms with Crippen LogP contribution in [-0.4, -0.2) is 8.42 Å². The predicted molar refractivity (Wildman–Crippen MR) is 86.6 cm³/mol. The fourth-order valence-electron chi connectivity index (χ4n) is 1.80. The molecule has 0 radical (unpaired) electrons. The first-order valence-corrected chi connectivity index (χ1v) is 9.08. The van der Waals surface area contributed by atoms with E-state index < -0.39 is 10.0 Å². The molecule has 1 aromatic carbocycles. The van der Waals surface area contributed by atoms with E-state index >= 15 is 0 Å². The van der Waals surface area contributed by atoms with E-state index in [1.807, 2.05) is 26.0 Å². The van der Waals surface area contributed by atoms with Crippen LogP contribution in [0, 0.1) is 6.92 Å². The zero-order chi connectivity index (χ0) is 14.9. The minimum absolute atomic E-state index is 0.0840. The Hall–Kier alpha value is -0.890. The average Bonchev–Trinajstić information content (AvgIpc) is 2.77. The Morgan fingerprint density at radius 3 is 2.55 bits per heavy atom. The number of sulfonamides is 1. The van der Waals surface area contributed by atoms with Gasteiger partial charge in [-0.3, -0.25) is 0 Å². The summed E-state index contributed by atoms with van der Waals surface area (Å²) in [6.07, 6.45) is 0. The highest BCUT2D eigenvalue weighted by Gasteiger charge is 2.13. The van der Waals surface area contributed by atoms with Crippen LogP contribution >= 0.6 is 27.3 Å². The van der Waals surface area contributed by atoms with E-state index in [9.17, 15) is 8.42 Å². The molecule has 1 aromatic heterocycles. The molecule has 0 amide bonds. The summed E-state index contributed by atoms with van der Waals surface area (Å²) in [5, 5.41) is 8.48. The Balaban J connectivity index is 2.29. The van der Waals surface area contributed by atoms with Gasteiger partial charge >= 0.3 is 0 Å². The first-order valence-electron chi connectivity index (χ1n) is 5.92. The second-order valence-electron chi connectivity index (χ2n) is 4.53. The van der Waals surface area contributed by atoms with Gasteiger partial charge in [-0.25, -0.2) is 13.6 Å². The maximum atomic E-state index is 11.4. The fourth-order valence-corrected chi connectivity index (χ4v) is 3.76. The van der Waals surface area contributed by atoms with Gasteiger partial charge in [0.2, 0.25) is 10.0 Å². The number of halogens is 1. The van der Waals surface area contributed by atoms with Crippen molar-refractivity contribution in [2.45, 2.75) is 24.8 Å². The molecular weight excluding hydrogens is 360 g/mol. The van der Waals surface area contributed by atoms with Gasteiger partial charge in [-0.05, 0) is 59.6 Å². The minimum Gasteiger partial charge on any atom is -0.377 e. The van der Waals surface area contributed by atoms with Crippen LogP contribution in [0.5, 0.6) is 0 Å². The molecule has 2 aromatic rings. The van der Waals surface area contributed by atoms with Crippen molar-refractivity contribution in [1.29, 1.82) is 0 Å². The van der Waals surface area contributed by atoms with Gasteiger partial charge in [0.15, 0.2) is 0 Å². The molecular formula is C13H15BrN2O2S2. The van der Waals surface area contributed by atoms with E-state index in [1.54, 1.807) is 23.5 Å². The van der Waals surface area contributed by atoms with Gasteiger partial charge in [-0.2, -0.15) is 0 Å². The molecule has 0 fully saturated rings. The summed E-state index contributed by atoms with van der Waals surface area (Å²) in [6.45, 7) is 3.95. The Kier molecular flexibility index (Phi) is 4.53. The Labute approximate surface area is 131 Å². The normalized spacial score (nSPS) is 13.2. The molecule has 0 spiro atoms. The highest BCUT2D eigenvalue weighted by Crippen LogP contribution is 2.30. The lowest BCUT2D eigenvalue weighted by molar-refractivity contribution is 0.598. The molecule has 0 aliphatic heterocycles. The molecule has 108 valence electrons. The summed E-state index contributed by atoms with van der Waals surface area (Å²) < 4.78 is 23.9. The van der Waals surface area contributed by atoms with Gasteiger partial charge < -0.3 is 5.32 Å². The lowest BCUT2D eigenvalue weighted by atomic mass is 10.1. The third kappa shape index (κ3) is 3.60. The highest BCUT2D eigenvalue weighted by atomic mass is 79.9. The third-order valence-corrected chi connectivity index (χ3v) is 5.65. The van der Waals surface area contributed by atoms with E-state index in [0.717, 1.165) is 19.9 Å². The largest absolute Gasteiger partial charge is 0.377 e. The Morgan fingerprint density at radius 2 is 2.00 bits per heavy atom. The summed E-state index contributed by atoms with van der Waals surface area (Å²) in [4.78, 5) is 1.28. The number of hydrogen-bond donors (Lipinski definition) is 2. The van der Waals surface area contributed by atoms with Crippen molar-refractivity contribution in [3.8, 4) is 0 Å². The first kappa shape index (κ1) is 15.5. The molecule has 1 heterocycles. The third-order valence-electron chi connectivity index (χ3n) is 2.93. The van der Waals surface area contributed by atoms with Crippen LogP contribution in [-0.2, 0) is 10.0 Å². The fraction of sp³-hybridized carbons (Fsp3) is 0.231. The topological polar surface area (TPSA) is 72.2 Å². The summed E-state index contributed by atoms with van der Waals surface area (Å²) >= 11 is 5.07. The highest BCUT2D eigenvalue weighted by molar-refractivity contribution is 9.11. The predicted octanol–water partition coefficient (Wildman–Crippen LogP) is 3.64. The molecule has 1 atom stereocenters. The molecule has 0 aliphatic carbocycles. The molecule has 0 saturated carbocycles. The second-order valence-corrected chi connectivity index (χ2v) is 8.59. The van der Waals surface area contributed by atoms with Gasteiger partial charge in [0.25, 0.3) is 0 Å². The molecule has 3 N–H and O–H groups in total. The van der Waals surface area contributed by atoms with Crippen molar-refractivity contribution in [2.75, 3.05) is 5.32 Å². The van der Waals surface area contributed by atoms with E-state index in [0.29, 0.717) is 0 Å². The van der Waals surface area contributed by atoms with Crippen LogP contribution < -0.4 is 10.5 Å². The minimum atomic E-state index is -3.68. The summed E-state index contributed by atoms with van der Waals surface area (Å²) in [5.41, 5.74) is 1.74. The molecule has 1 unspecified atom stereocenters. The number of thiophene rings is 1. The van der Waals surface area contributed by atoms with Crippen LogP contribution in [0.25, 0.3) is 0 Å². The van der Waals surface area contributed by atoms with Gasteiger partial charge in [0, 0.05) is 10.6 Å². The van der Waals surface area contributed by atoms with Gasteiger partial charge in [-0.15, -0.1) is 11.3 Å². The number of primary sulfonamides is 1. The van der Waals surface area contributed by atoms with E-state index in [-0.39, 0.29) is 10.9 Å². The van der Waals surface area contributed by atoms with Crippen LogP contribution in [0.1, 0.15) is 23.4 Å². The molecule has 0 bridgehead atoms. The molecule has 2 rings (SSSR count). The van der Waals surface area contributed by atoms with Gasteiger partial charge in [-0.1, -0.05) is 6.07 Å². The summed E-state index contributed by atoms with van der Waals surface area (Å²) in [7, 11) is -3.68. The Bertz CT molecular complexity index is 726. The van der Waals surface area contributed by atoms with E-state index in [4.69, 9.17) is 5.14 Å². The van der Waals surface area contributed by atoms with Crippen molar-refractivity contribution >= 4 is 43.0 Å². The van der Waals surface area contributed by atoms with Gasteiger partial charge in [0.05, 0.1) is 14.7 Å². The van der Waals surface area contributed by atoms with Crippen molar-refractivity contribution in [1.82, 2.24) is 0 Å². The number of benzene rings is 1. The summed E-state index contributed by atoms with van der Waals surface area (Å²) in [5.74, 6) is 0.